The van der Waals surface area contributed by atoms with Gasteiger partial charge in [-0.05, 0) is 63.8 Å². The average molecular weight is 472 g/mol. The van der Waals surface area contributed by atoms with Crippen LogP contribution in [0.2, 0.25) is 37.8 Å². The maximum atomic E-state index is 13.3. The molecule has 0 radical (unpaired) electrons. The second kappa shape index (κ2) is 8.16. The van der Waals surface area contributed by atoms with Crippen molar-refractivity contribution in [1.82, 2.24) is 4.31 Å². The second-order valence-corrected chi connectivity index (χ2v) is 21.7. The normalized spacial score (nSPS) is 22.1. The number of carbonyl (C=O) groups excluding carboxylic acids is 1. The minimum Gasteiger partial charge on any atom is -0.413 e. The lowest BCUT2D eigenvalue weighted by atomic mass is 9.94. The second-order valence-electron chi connectivity index (χ2n) is 10.7. The molecule has 0 bridgehead atoms. The van der Waals surface area contributed by atoms with Gasteiger partial charge in [0.05, 0.1) is 11.0 Å². The van der Waals surface area contributed by atoms with E-state index in [0.29, 0.717) is 0 Å². The van der Waals surface area contributed by atoms with E-state index >= 15 is 0 Å². The predicted molar refractivity (Wildman–Crippen MR) is 125 cm³/mol. The lowest BCUT2D eigenvalue weighted by molar-refractivity contribution is -0.171. The quantitative estimate of drug-likeness (QED) is 0.424. The van der Waals surface area contributed by atoms with Crippen molar-refractivity contribution in [1.29, 1.82) is 0 Å². The van der Waals surface area contributed by atoms with Crippen LogP contribution in [-0.2, 0) is 23.7 Å². The fourth-order valence-corrected chi connectivity index (χ4v) is 7.16. The first-order chi connectivity index (χ1) is 13.4. The van der Waals surface area contributed by atoms with Gasteiger partial charge in [0.15, 0.2) is 22.9 Å². The highest BCUT2D eigenvalue weighted by Gasteiger charge is 2.59. The minimum absolute atomic E-state index is 0.0170. The lowest BCUT2D eigenvalue weighted by Gasteiger charge is -2.51. The molecule has 0 saturated carbocycles. The van der Waals surface area contributed by atoms with Gasteiger partial charge in [-0.1, -0.05) is 38.5 Å². The van der Waals surface area contributed by atoms with E-state index < -0.39 is 50.8 Å². The summed E-state index contributed by atoms with van der Waals surface area (Å²) in [6.07, 6.45) is -1.26. The SMILES string of the molecule is Cc1ccc(S(=O)(=O)N2C(=O)[C@H]([C@@H](C)O[Si](C)(C)C(C)(C)C)[C@H]2O[Si](C)(C)C)cc1. The Balaban J connectivity index is 2.38. The van der Waals surface area contributed by atoms with E-state index in [1.807, 2.05) is 33.5 Å². The molecule has 9 heteroatoms. The highest BCUT2D eigenvalue weighted by atomic mass is 32.2. The van der Waals surface area contributed by atoms with Gasteiger partial charge in [0.2, 0.25) is 5.91 Å². The largest absolute Gasteiger partial charge is 0.413 e. The van der Waals surface area contributed by atoms with Crippen LogP contribution in [0, 0.1) is 12.8 Å². The zero-order chi connectivity index (χ0) is 23.3. The Morgan fingerprint density at radius 3 is 1.97 bits per heavy atom. The molecule has 1 fully saturated rings. The molecule has 170 valence electrons. The molecule has 1 amide bonds. The molecule has 2 rings (SSSR count). The molecule has 1 aliphatic rings. The van der Waals surface area contributed by atoms with Gasteiger partial charge in [-0.15, -0.1) is 0 Å². The molecule has 1 aromatic carbocycles. The van der Waals surface area contributed by atoms with E-state index in [1.165, 1.54) is 12.1 Å². The number of nitrogens with zero attached hydrogens (tertiary/aromatic N) is 1. The van der Waals surface area contributed by atoms with Crippen LogP contribution in [0.15, 0.2) is 29.2 Å². The number of benzene rings is 1. The predicted octanol–water partition coefficient (Wildman–Crippen LogP) is 4.73. The van der Waals surface area contributed by atoms with Crippen LogP contribution in [0.3, 0.4) is 0 Å². The summed E-state index contributed by atoms with van der Waals surface area (Å²) in [6.45, 7) is 20.4. The molecule has 1 aliphatic heterocycles. The Morgan fingerprint density at radius 1 is 1.03 bits per heavy atom. The van der Waals surface area contributed by atoms with Crippen LogP contribution in [0.5, 0.6) is 0 Å². The molecule has 0 aliphatic carbocycles. The van der Waals surface area contributed by atoms with Crippen molar-refractivity contribution in [3.05, 3.63) is 29.8 Å². The van der Waals surface area contributed by atoms with Crippen molar-refractivity contribution in [2.45, 2.75) is 89.6 Å². The molecule has 0 aromatic heterocycles. The van der Waals surface area contributed by atoms with Crippen molar-refractivity contribution >= 4 is 32.6 Å². The van der Waals surface area contributed by atoms with Gasteiger partial charge in [-0.25, -0.2) is 12.7 Å². The van der Waals surface area contributed by atoms with E-state index in [9.17, 15) is 13.2 Å². The Morgan fingerprint density at radius 2 is 1.53 bits per heavy atom. The minimum atomic E-state index is -3.99. The third kappa shape index (κ3) is 5.07. The molecule has 0 N–H and O–H groups in total. The van der Waals surface area contributed by atoms with E-state index in [0.717, 1.165) is 9.87 Å². The number of aryl methyl sites for hydroxylation is 1. The van der Waals surface area contributed by atoms with Crippen molar-refractivity contribution in [3.63, 3.8) is 0 Å². The van der Waals surface area contributed by atoms with Crippen molar-refractivity contribution in [2.75, 3.05) is 0 Å². The van der Waals surface area contributed by atoms with Crippen LogP contribution in [-0.4, -0.2) is 47.6 Å². The summed E-state index contributed by atoms with van der Waals surface area (Å²) in [7, 11) is -8.26. The van der Waals surface area contributed by atoms with Gasteiger partial charge in [0.25, 0.3) is 10.0 Å². The monoisotopic (exact) mass is 471 g/mol. The first-order valence-electron chi connectivity index (χ1n) is 10.4. The summed E-state index contributed by atoms with van der Waals surface area (Å²) < 4.78 is 40.1. The number of rotatable bonds is 7. The third-order valence-corrected chi connectivity index (χ3v) is 13.2. The molecular formula is C21H37NO5SSi2. The first kappa shape index (κ1) is 25.3. The van der Waals surface area contributed by atoms with Gasteiger partial charge in [0, 0.05) is 0 Å². The van der Waals surface area contributed by atoms with Crippen LogP contribution < -0.4 is 0 Å². The highest BCUT2D eigenvalue weighted by Crippen LogP contribution is 2.42. The van der Waals surface area contributed by atoms with E-state index in [2.05, 4.69) is 33.9 Å². The summed E-state index contributed by atoms with van der Waals surface area (Å²) in [5.74, 6) is -1.09. The van der Waals surface area contributed by atoms with Crippen molar-refractivity contribution < 1.29 is 22.1 Å². The molecule has 1 saturated heterocycles. The maximum absolute atomic E-state index is 13.3. The number of sulfonamides is 1. The van der Waals surface area contributed by atoms with E-state index in [4.69, 9.17) is 8.85 Å². The van der Waals surface area contributed by atoms with Crippen molar-refractivity contribution in [3.8, 4) is 0 Å². The Kier molecular flexibility index (Phi) is 6.87. The zero-order valence-corrected chi connectivity index (χ0v) is 22.8. The Labute approximate surface area is 184 Å². The maximum Gasteiger partial charge on any atom is 0.268 e. The summed E-state index contributed by atoms with van der Waals surface area (Å²) >= 11 is 0. The lowest BCUT2D eigenvalue weighted by Crippen LogP contribution is -2.69. The van der Waals surface area contributed by atoms with Gasteiger partial charge in [-0.3, -0.25) is 4.79 Å². The number of carbonyl (C=O) groups is 1. The molecule has 0 unspecified atom stereocenters. The smallest absolute Gasteiger partial charge is 0.268 e. The standard InChI is InChI=1S/C21H37NO5SSi2/c1-15-11-13-17(14-12-15)28(24,25)22-19(23)18(20(22)27-29(6,7)8)16(2)26-30(9,10)21(3,4)5/h11-14,16,18,20H,1-10H3/t16-,18+,20-/m1/s1. The van der Waals surface area contributed by atoms with Crippen LogP contribution >= 0.6 is 0 Å². The van der Waals surface area contributed by atoms with Crippen LogP contribution in [0.4, 0.5) is 0 Å². The molecule has 1 heterocycles. The highest BCUT2D eigenvalue weighted by molar-refractivity contribution is 7.89. The molecule has 6 nitrogen and oxygen atoms in total. The van der Waals surface area contributed by atoms with Gasteiger partial charge < -0.3 is 8.85 Å². The van der Waals surface area contributed by atoms with Gasteiger partial charge >= 0.3 is 0 Å². The first-order valence-corrected chi connectivity index (χ1v) is 18.1. The summed E-state index contributed by atoms with van der Waals surface area (Å²) in [5, 5.41) is -0.0170. The molecular weight excluding hydrogens is 434 g/mol. The molecule has 1 aromatic rings. The Hall–Kier alpha value is -1.01. The fourth-order valence-electron chi connectivity index (χ4n) is 3.17. The van der Waals surface area contributed by atoms with Crippen LogP contribution in [0.1, 0.15) is 33.3 Å². The topological polar surface area (TPSA) is 72.9 Å². The molecule has 30 heavy (non-hydrogen) atoms. The zero-order valence-electron chi connectivity index (χ0n) is 19.9. The number of amides is 1. The number of hydrogen-bond donors (Lipinski definition) is 0. The van der Waals surface area contributed by atoms with Crippen LogP contribution in [0.25, 0.3) is 0 Å². The van der Waals surface area contributed by atoms with Gasteiger partial charge in [0.1, 0.15) is 5.92 Å². The summed E-state index contributed by atoms with van der Waals surface area (Å²) in [6, 6.07) is 6.52. The average Bonchev–Trinajstić information content (AvgIpc) is 2.51. The van der Waals surface area contributed by atoms with Gasteiger partial charge in [-0.2, -0.15) is 0 Å². The third-order valence-electron chi connectivity index (χ3n) is 5.89. The Bertz CT molecular complexity index is 885. The van der Waals surface area contributed by atoms with E-state index in [1.54, 1.807) is 12.1 Å². The fraction of sp³-hybridized carbons (Fsp3) is 0.667. The summed E-state index contributed by atoms with van der Waals surface area (Å²) in [4.78, 5) is 13.2. The number of β-lactam (4-membered cyclic amide) rings is 1. The van der Waals surface area contributed by atoms with E-state index in [-0.39, 0.29) is 9.93 Å². The molecule has 0 spiro atoms. The summed E-state index contributed by atoms with van der Waals surface area (Å²) in [5.41, 5.74) is 0.952. The number of hydrogen-bond acceptors (Lipinski definition) is 5. The van der Waals surface area contributed by atoms with Crippen molar-refractivity contribution in [2.24, 2.45) is 5.92 Å². The molecule has 3 atom stereocenters.